The third-order valence-electron chi connectivity index (χ3n) is 17.1. The number of ether oxygens (including phenoxy) is 2. The van der Waals surface area contributed by atoms with Crippen LogP contribution in [0.2, 0.25) is 0 Å². The predicted molar refractivity (Wildman–Crippen MR) is 326 cm³/mol. The average Bonchev–Trinajstić information content (AvgIpc) is 3.67. The van der Waals surface area contributed by atoms with Crippen molar-refractivity contribution in [3.05, 3.63) is 255 Å². The first kappa shape index (κ1) is 42.9. The Labute approximate surface area is 460 Å². The maximum atomic E-state index is 7.59. The van der Waals surface area contributed by atoms with E-state index >= 15 is 0 Å². The average molecular weight is 1120 g/mol. The Morgan fingerprint density at radius 2 is 0.551 bits per heavy atom. The van der Waals surface area contributed by atoms with Gasteiger partial charge < -0.3 is 0 Å². The van der Waals surface area contributed by atoms with Gasteiger partial charge in [0.25, 0.3) is 0 Å². The fraction of sp³-hybridized carbons (Fsp3) is 0. The Bertz CT molecular complexity index is 4240. The normalized spacial score (nSPS) is 15.8. The molecule has 2 atom stereocenters. The van der Waals surface area contributed by atoms with Gasteiger partial charge in [0.05, 0.1) is 0 Å². The molecule has 0 bridgehead atoms. The molecule has 18 rings (SSSR count). The first-order chi connectivity index (χ1) is 38.7. The molecular formula is C70H44Ge2N4O2. The first-order valence-corrected chi connectivity index (χ1v) is 34.2. The Balaban J connectivity index is 0.998. The quantitative estimate of drug-likeness (QED) is 0.154. The molecule has 6 nitrogen and oxygen atoms in total. The van der Waals surface area contributed by atoms with Crippen molar-refractivity contribution in [1.29, 1.82) is 0 Å². The van der Waals surface area contributed by atoms with E-state index in [2.05, 4.69) is 274 Å². The summed E-state index contributed by atoms with van der Waals surface area (Å²) < 4.78 is 23.5. The SMILES string of the molecule is c1ccc(-c2cc3[c]4c(c2)N(c2ccccc2)c2[c]5c(cc6c7[c]8c(cc26)Oc2cccc6[c]2[GeH]8[c]2c(cc(-c8ccccc8)cc2N7c2ccccc2)N6c2ccccc2)Oc2cccc([c]2[GeH]45)N3c2ccccc2)cc1. The van der Waals surface area contributed by atoms with Crippen LogP contribution in [0, 0.1) is 0 Å². The van der Waals surface area contributed by atoms with E-state index in [1.807, 2.05) is 0 Å². The second-order valence-corrected chi connectivity index (χ2v) is 32.0. The molecule has 0 saturated heterocycles. The van der Waals surface area contributed by atoms with Gasteiger partial charge in [-0.25, -0.2) is 0 Å². The van der Waals surface area contributed by atoms with Crippen LogP contribution in [0.4, 0.5) is 68.2 Å². The van der Waals surface area contributed by atoms with Crippen LogP contribution in [0.15, 0.2) is 255 Å². The van der Waals surface area contributed by atoms with Gasteiger partial charge in [0.15, 0.2) is 0 Å². The number of para-hydroxylation sites is 4. The van der Waals surface area contributed by atoms with Gasteiger partial charge in [0.1, 0.15) is 0 Å². The molecule has 0 radical (unpaired) electrons. The number of benzene rings is 12. The molecule has 8 heteroatoms. The molecule has 12 aromatic rings. The second kappa shape index (κ2) is 16.2. The minimum absolute atomic E-state index is 0.961. The first-order valence-electron chi connectivity index (χ1n) is 26.9. The zero-order valence-corrected chi connectivity index (χ0v) is 46.9. The summed E-state index contributed by atoms with van der Waals surface area (Å²) in [6, 6.07) is 94.2. The Kier molecular flexibility index (Phi) is 8.90. The number of hydrogen-bond acceptors (Lipinski definition) is 6. The van der Waals surface area contributed by atoms with E-state index in [9.17, 15) is 0 Å². The molecule has 0 aromatic heterocycles. The third kappa shape index (κ3) is 5.82. The fourth-order valence-electron chi connectivity index (χ4n) is 14.1. The summed E-state index contributed by atoms with van der Waals surface area (Å²) in [5, 5.41) is 2.33. The van der Waals surface area contributed by atoms with Gasteiger partial charge in [0.2, 0.25) is 0 Å². The van der Waals surface area contributed by atoms with Gasteiger partial charge >= 0.3 is 463 Å². The van der Waals surface area contributed by atoms with Crippen LogP contribution < -0.4 is 55.4 Å². The monoisotopic (exact) mass is 1120 g/mol. The molecular weight excluding hydrogens is 1070 g/mol. The van der Waals surface area contributed by atoms with Crippen LogP contribution in [0.3, 0.4) is 0 Å². The Morgan fingerprint density at radius 3 is 0.910 bits per heavy atom. The molecule has 0 aliphatic carbocycles. The molecule has 0 N–H and O–H groups in total. The molecule has 0 amide bonds. The summed E-state index contributed by atoms with van der Waals surface area (Å²) in [5.74, 6) is 3.86. The topological polar surface area (TPSA) is 31.4 Å². The Morgan fingerprint density at radius 1 is 0.231 bits per heavy atom. The summed E-state index contributed by atoms with van der Waals surface area (Å²) in [6.45, 7) is 0. The molecule has 0 fully saturated rings. The molecule has 78 heavy (non-hydrogen) atoms. The van der Waals surface area contributed by atoms with Crippen molar-refractivity contribution in [3.63, 3.8) is 0 Å². The van der Waals surface area contributed by atoms with Crippen LogP contribution in [0.25, 0.3) is 33.0 Å². The minimum atomic E-state index is -3.11. The standard InChI is InChI=1S/C70H44Ge2N4O2/c1-7-21-43(22-8-1)45-37-55-63-57(39-45)75(49-29-15-5-16-30-49)69-51-41-62-68-70(52(51)42-61-67(69)71(63)65-53(33-19-35-59(65)77-61)73(55)47-25-11-3-12-26-47)76(50-31-17-6-18-32-50)58-40-46(44-23-9-2-10-24-44)38-56-64(58)72(68)66-54(34-20-36-60(66)78-62)74(56)48-27-13-4-14-28-48/h1-42,71-72H. The van der Waals surface area contributed by atoms with Crippen molar-refractivity contribution in [2.24, 2.45) is 0 Å². The van der Waals surface area contributed by atoms with Crippen LogP contribution in [0.5, 0.6) is 23.0 Å². The molecule has 2 unspecified atom stereocenters. The number of fused-ring (bicyclic) bond motifs is 3. The van der Waals surface area contributed by atoms with Crippen molar-refractivity contribution >= 4 is 134 Å². The third-order valence-corrected chi connectivity index (χ3v) is 31.6. The molecule has 0 saturated carbocycles. The van der Waals surface area contributed by atoms with Gasteiger partial charge in [0, 0.05) is 0 Å². The van der Waals surface area contributed by atoms with Crippen molar-refractivity contribution in [2.45, 2.75) is 0 Å². The van der Waals surface area contributed by atoms with Crippen LogP contribution >= 0.6 is 0 Å². The van der Waals surface area contributed by atoms with Gasteiger partial charge in [-0.1, -0.05) is 0 Å². The Hall–Kier alpha value is -9.21. The summed E-state index contributed by atoms with van der Waals surface area (Å²) in [6.07, 6.45) is 0. The molecule has 6 aliphatic heterocycles. The summed E-state index contributed by atoms with van der Waals surface area (Å²) in [4.78, 5) is 10.2. The molecule has 0 spiro atoms. The van der Waals surface area contributed by atoms with Crippen LogP contribution in [0.1, 0.15) is 0 Å². The van der Waals surface area contributed by atoms with Crippen molar-refractivity contribution in [2.75, 3.05) is 19.6 Å². The molecule has 12 aromatic carbocycles. The fourth-order valence-corrected chi connectivity index (χ4v) is 30.1. The van der Waals surface area contributed by atoms with Crippen LogP contribution in [-0.4, -0.2) is 28.7 Å². The van der Waals surface area contributed by atoms with Gasteiger partial charge in [-0.2, -0.15) is 0 Å². The summed E-state index contributed by atoms with van der Waals surface area (Å²) in [7, 11) is 0. The van der Waals surface area contributed by atoms with E-state index in [4.69, 9.17) is 9.47 Å². The number of rotatable bonds is 6. The van der Waals surface area contributed by atoms with Crippen LogP contribution in [-0.2, 0) is 0 Å². The van der Waals surface area contributed by atoms with Gasteiger partial charge in [-0.3, -0.25) is 0 Å². The summed E-state index contributed by atoms with van der Waals surface area (Å²) in [5.41, 5.74) is 19.0. The predicted octanol–water partition coefficient (Wildman–Crippen LogP) is 14.0. The van der Waals surface area contributed by atoms with Crippen molar-refractivity contribution < 1.29 is 9.47 Å². The number of anilines is 12. The maximum absolute atomic E-state index is 7.59. The number of hydrogen-bond donors (Lipinski definition) is 0. The molecule has 6 heterocycles. The van der Waals surface area contributed by atoms with E-state index < -0.39 is 28.7 Å². The zero-order chi connectivity index (χ0) is 50.7. The molecule has 6 aliphatic rings. The zero-order valence-electron chi connectivity index (χ0n) is 42.0. The van der Waals surface area contributed by atoms with Gasteiger partial charge in [-0.05, 0) is 0 Å². The van der Waals surface area contributed by atoms with Crippen molar-refractivity contribution in [1.82, 2.24) is 0 Å². The number of nitrogens with zero attached hydrogens (tertiary/aromatic N) is 4. The van der Waals surface area contributed by atoms with Crippen molar-refractivity contribution in [3.8, 4) is 45.3 Å². The second-order valence-electron chi connectivity index (χ2n) is 21.1. The van der Waals surface area contributed by atoms with Gasteiger partial charge in [-0.15, -0.1) is 0 Å². The van der Waals surface area contributed by atoms with E-state index in [1.54, 1.807) is 0 Å². The van der Waals surface area contributed by atoms with E-state index in [1.165, 1.54) is 94.1 Å². The van der Waals surface area contributed by atoms with E-state index in [0.29, 0.717) is 0 Å². The van der Waals surface area contributed by atoms with E-state index in [-0.39, 0.29) is 0 Å². The summed E-state index contributed by atoms with van der Waals surface area (Å²) >= 11 is -6.23. The van der Waals surface area contributed by atoms with E-state index in [0.717, 1.165) is 56.5 Å². The molecule has 364 valence electrons.